The minimum Gasteiger partial charge on any atom is -0.478 e. The van der Waals surface area contributed by atoms with Crippen LogP contribution in [-0.2, 0) is 0 Å². The van der Waals surface area contributed by atoms with E-state index in [1.165, 1.54) is 6.07 Å². The highest BCUT2D eigenvalue weighted by atomic mass is 35.5. The van der Waals surface area contributed by atoms with Gasteiger partial charge in [0.15, 0.2) is 0 Å². The van der Waals surface area contributed by atoms with Crippen LogP contribution in [0, 0.1) is 0 Å². The molecule has 2 N–H and O–H groups in total. The first-order valence-corrected chi connectivity index (χ1v) is 6.17. The van der Waals surface area contributed by atoms with Gasteiger partial charge in [0.05, 0.1) is 11.3 Å². The second kappa shape index (κ2) is 5.56. The summed E-state index contributed by atoms with van der Waals surface area (Å²) in [7, 11) is 2.07. The van der Waals surface area contributed by atoms with Crippen LogP contribution >= 0.6 is 11.6 Å². The van der Waals surface area contributed by atoms with E-state index in [-0.39, 0.29) is 5.56 Å². The maximum absolute atomic E-state index is 11.1. The zero-order chi connectivity index (χ0) is 13.1. The minimum atomic E-state index is -0.955. The fourth-order valence-electron chi connectivity index (χ4n) is 1.88. The molecule has 1 aromatic carbocycles. The van der Waals surface area contributed by atoms with E-state index in [1.807, 2.05) is 5.01 Å². The highest BCUT2D eigenvalue weighted by Gasteiger charge is 2.16. The summed E-state index contributed by atoms with van der Waals surface area (Å²) < 4.78 is 0. The van der Waals surface area contributed by atoms with Crippen LogP contribution in [0.4, 0.5) is 5.69 Å². The number of aromatic carboxylic acids is 1. The first-order valence-electron chi connectivity index (χ1n) is 5.79. The van der Waals surface area contributed by atoms with Crippen LogP contribution < -0.4 is 5.43 Å². The Kier molecular flexibility index (Phi) is 4.06. The third-order valence-electron chi connectivity index (χ3n) is 2.99. The fourth-order valence-corrected chi connectivity index (χ4v) is 2.06. The normalized spacial score (nSPS) is 17.7. The molecule has 6 heteroatoms. The van der Waals surface area contributed by atoms with Crippen molar-refractivity contribution in [3.63, 3.8) is 0 Å². The summed E-state index contributed by atoms with van der Waals surface area (Å²) in [5, 5.41) is 11.7. The van der Waals surface area contributed by atoms with Crippen LogP contribution in [0.2, 0.25) is 5.02 Å². The largest absolute Gasteiger partial charge is 0.478 e. The number of hydrogen-bond acceptors (Lipinski definition) is 4. The van der Waals surface area contributed by atoms with Crippen molar-refractivity contribution in [2.45, 2.75) is 0 Å². The van der Waals surface area contributed by atoms with E-state index in [0.29, 0.717) is 10.7 Å². The monoisotopic (exact) mass is 269 g/mol. The number of hydrogen-bond donors (Lipinski definition) is 2. The molecule has 1 heterocycles. The predicted octanol–water partition coefficient (Wildman–Crippen LogP) is 1.61. The van der Waals surface area contributed by atoms with Crippen LogP contribution in [0.15, 0.2) is 18.2 Å². The Morgan fingerprint density at radius 2 is 2.00 bits per heavy atom. The van der Waals surface area contributed by atoms with Gasteiger partial charge in [0.1, 0.15) is 0 Å². The van der Waals surface area contributed by atoms with Crippen molar-refractivity contribution in [3.8, 4) is 0 Å². The Balaban J connectivity index is 2.12. The van der Waals surface area contributed by atoms with E-state index in [0.717, 1.165) is 26.2 Å². The molecule has 0 saturated carbocycles. The third kappa shape index (κ3) is 3.13. The Hall–Kier alpha value is -1.30. The van der Waals surface area contributed by atoms with Crippen molar-refractivity contribution in [3.05, 3.63) is 28.8 Å². The number of piperazine rings is 1. The molecular formula is C12H16ClN3O2. The Bertz CT molecular complexity index is 445. The molecule has 5 nitrogen and oxygen atoms in total. The van der Waals surface area contributed by atoms with Gasteiger partial charge in [0.2, 0.25) is 0 Å². The van der Waals surface area contributed by atoms with Crippen molar-refractivity contribution in [1.82, 2.24) is 9.91 Å². The second-order valence-electron chi connectivity index (χ2n) is 4.40. The Morgan fingerprint density at radius 3 is 2.61 bits per heavy atom. The average molecular weight is 270 g/mol. The number of carboxylic acids is 1. The maximum Gasteiger partial charge on any atom is 0.337 e. The number of nitrogens with zero attached hydrogens (tertiary/aromatic N) is 2. The lowest BCUT2D eigenvalue weighted by Crippen LogP contribution is -2.47. The molecule has 1 aromatic rings. The Morgan fingerprint density at radius 1 is 1.33 bits per heavy atom. The van der Waals surface area contributed by atoms with Gasteiger partial charge >= 0.3 is 5.97 Å². The molecule has 0 aliphatic carbocycles. The number of carboxylic acid groups (broad SMARTS) is 1. The van der Waals surface area contributed by atoms with Gasteiger partial charge in [-0.15, -0.1) is 0 Å². The van der Waals surface area contributed by atoms with Crippen LogP contribution in [0.1, 0.15) is 10.4 Å². The fraction of sp³-hybridized carbons (Fsp3) is 0.417. The van der Waals surface area contributed by atoms with Gasteiger partial charge < -0.3 is 15.4 Å². The summed E-state index contributed by atoms with van der Waals surface area (Å²) in [5.74, 6) is -0.955. The summed E-state index contributed by atoms with van der Waals surface area (Å²) in [4.78, 5) is 13.3. The lowest BCUT2D eigenvalue weighted by atomic mass is 10.2. The van der Waals surface area contributed by atoms with Gasteiger partial charge in [-0.2, -0.15) is 0 Å². The third-order valence-corrected chi connectivity index (χ3v) is 3.23. The molecule has 0 aromatic heterocycles. The molecule has 18 heavy (non-hydrogen) atoms. The van der Waals surface area contributed by atoms with Gasteiger partial charge in [-0.25, -0.2) is 9.80 Å². The topological polar surface area (TPSA) is 55.8 Å². The highest BCUT2D eigenvalue weighted by molar-refractivity contribution is 6.31. The first-order chi connectivity index (χ1) is 8.56. The number of rotatable bonds is 3. The van der Waals surface area contributed by atoms with E-state index in [9.17, 15) is 4.79 Å². The summed E-state index contributed by atoms with van der Waals surface area (Å²) in [5.41, 5.74) is 3.91. The number of likely N-dealkylation sites (N-methyl/N-ethyl adjacent to an activating group) is 1. The zero-order valence-electron chi connectivity index (χ0n) is 10.2. The molecule has 0 amide bonds. The maximum atomic E-state index is 11.1. The van der Waals surface area contributed by atoms with Crippen LogP contribution in [-0.4, -0.2) is 54.2 Å². The second-order valence-corrected chi connectivity index (χ2v) is 4.83. The lowest BCUT2D eigenvalue weighted by Gasteiger charge is -2.33. The van der Waals surface area contributed by atoms with E-state index in [1.54, 1.807) is 12.1 Å². The quantitative estimate of drug-likeness (QED) is 0.873. The van der Waals surface area contributed by atoms with E-state index in [2.05, 4.69) is 17.4 Å². The molecule has 2 rings (SSSR count). The average Bonchev–Trinajstić information content (AvgIpc) is 2.32. The number of halogens is 1. The molecule has 1 aliphatic rings. The molecule has 1 aliphatic heterocycles. The molecule has 98 valence electrons. The number of hydrazine groups is 1. The molecule has 1 saturated heterocycles. The summed E-state index contributed by atoms with van der Waals surface area (Å²) in [6.07, 6.45) is 0. The van der Waals surface area contributed by atoms with Gasteiger partial charge in [-0.1, -0.05) is 11.6 Å². The van der Waals surface area contributed by atoms with Gasteiger partial charge in [0, 0.05) is 31.2 Å². The lowest BCUT2D eigenvalue weighted by molar-refractivity contribution is 0.0697. The summed E-state index contributed by atoms with van der Waals surface area (Å²) in [6.45, 7) is 3.61. The van der Waals surface area contributed by atoms with E-state index in [4.69, 9.17) is 16.7 Å². The molecule has 0 atom stereocenters. The SMILES string of the molecule is CN1CCN(Nc2cc(Cl)ccc2C(=O)O)CC1. The number of nitrogens with one attached hydrogen (secondary N) is 1. The van der Waals surface area contributed by atoms with Crippen molar-refractivity contribution in [1.29, 1.82) is 0 Å². The standard InChI is InChI=1S/C12H16ClN3O2/c1-15-4-6-16(7-5-15)14-11-8-9(13)2-3-10(11)12(17)18/h2-3,8,14H,4-7H2,1H3,(H,17,18). The predicted molar refractivity (Wildman–Crippen MR) is 71.1 cm³/mol. The zero-order valence-corrected chi connectivity index (χ0v) is 10.9. The van der Waals surface area contributed by atoms with E-state index >= 15 is 0 Å². The van der Waals surface area contributed by atoms with Crippen molar-refractivity contribution in [2.24, 2.45) is 0 Å². The van der Waals surface area contributed by atoms with Gasteiger partial charge in [0.25, 0.3) is 0 Å². The van der Waals surface area contributed by atoms with Crippen LogP contribution in [0.25, 0.3) is 0 Å². The molecular weight excluding hydrogens is 254 g/mol. The van der Waals surface area contributed by atoms with Gasteiger partial charge in [-0.05, 0) is 25.2 Å². The van der Waals surface area contributed by atoms with Crippen LogP contribution in [0.5, 0.6) is 0 Å². The minimum absolute atomic E-state index is 0.235. The number of anilines is 1. The first kappa shape index (κ1) is 13.1. The number of benzene rings is 1. The molecule has 0 spiro atoms. The smallest absolute Gasteiger partial charge is 0.337 e. The van der Waals surface area contributed by atoms with Gasteiger partial charge in [-0.3, -0.25) is 0 Å². The van der Waals surface area contributed by atoms with E-state index < -0.39 is 5.97 Å². The van der Waals surface area contributed by atoms with Crippen molar-refractivity contribution < 1.29 is 9.90 Å². The molecule has 1 fully saturated rings. The molecule has 0 bridgehead atoms. The molecule has 0 unspecified atom stereocenters. The van der Waals surface area contributed by atoms with Crippen LogP contribution in [0.3, 0.4) is 0 Å². The van der Waals surface area contributed by atoms with Crippen molar-refractivity contribution >= 4 is 23.3 Å². The van der Waals surface area contributed by atoms with Crippen molar-refractivity contribution in [2.75, 3.05) is 38.7 Å². The Labute approximate surface area is 111 Å². The summed E-state index contributed by atoms with van der Waals surface area (Å²) >= 11 is 5.90. The number of carbonyl (C=O) groups is 1. The highest BCUT2D eigenvalue weighted by Crippen LogP contribution is 2.22. The summed E-state index contributed by atoms with van der Waals surface area (Å²) in [6, 6.07) is 4.74. The molecule has 0 radical (unpaired) electrons.